The molecular formula is C14H13F3N2O2. The van der Waals surface area contributed by atoms with Gasteiger partial charge in [0.2, 0.25) is 0 Å². The van der Waals surface area contributed by atoms with Crippen LogP contribution >= 0.6 is 0 Å². The zero-order chi connectivity index (χ0) is 15.3. The highest BCUT2D eigenvalue weighted by molar-refractivity contribution is 5.95. The molecule has 0 aliphatic heterocycles. The third kappa shape index (κ3) is 4.42. The van der Waals surface area contributed by atoms with E-state index in [2.05, 4.69) is 9.84 Å². The molecule has 0 saturated carbocycles. The summed E-state index contributed by atoms with van der Waals surface area (Å²) in [4.78, 5) is 12.0. The molecule has 0 bridgehead atoms. The van der Waals surface area contributed by atoms with Crippen molar-refractivity contribution in [1.29, 1.82) is 0 Å². The maximum atomic E-state index is 12.0. The van der Waals surface area contributed by atoms with Gasteiger partial charge in [0.1, 0.15) is 12.3 Å². The number of carbonyl (C=O) groups excluding carboxylic acids is 1. The predicted octanol–water partition coefficient (Wildman–Crippen LogP) is 3.02. The van der Waals surface area contributed by atoms with Crippen molar-refractivity contribution in [3.05, 3.63) is 48.3 Å². The molecule has 0 saturated heterocycles. The Morgan fingerprint density at radius 3 is 2.57 bits per heavy atom. The summed E-state index contributed by atoms with van der Waals surface area (Å²) >= 11 is 0. The maximum Gasteiger partial charge on any atom is 0.411 e. The van der Waals surface area contributed by atoms with Crippen LogP contribution in [-0.4, -0.2) is 35.0 Å². The van der Waals surface area contributed by atoms with Crippen LogP contribution in [0.15, 0.2) is 42.6 Å². The molecule has 1 aromatic carbocycles. The molecule has 0 atom stereocenters. The number of rotatable bonds is 6. The second kappa shape index (κ2) is 6.53. The van der Waals surface area contributed by atoms with E-state index in [9.17, 15) is 18.0 Å². The summed E-state index contributed by atoms with van der Waals surface area (Å²) in [5, 5.41) is 4.05. The van der Waals surface area contributed by atoms with E-state index in [-0.39, 0.29) is 18.8 Å². The van der Waals surface area contributed by atoms with Gasteiger partial charge in [-0.05, 0) is 18.2 Å². The molecule has 4 nitrogen and oxygen atoms in total. The molecule has 1 aromatic heterocycles. The first-order valence-electron chi connectivity index (χ1n) is 6.24. The molecule has 2 aromatic rings. The van der Waals surface area contributed by atoms with Crippen molar-refractivity contribution in [1.82, 2.24) is 9.78 Å². The van der Waals surface area contributed by atoms with Gasteiger partial charge in [-0.25, -0.2) is 4.68 Å². The van der Waals surface area contributed by atoms with Crippen LogP contribution in [0.3, 0.4) is 0 Å². The Morgan fingerprint density at radius 1 is 1.19 bits per heavy atom. The Morgan fingerprint density at radius 2 is 1.90 bits per heavy atom. The Hall–Kier alpha value is -2.15. The van der Waals surface area contributed by atoms with Gasteiger partial charge >= 0.3 is 6.18 Å². The van der Waals surface area contributed by atoms with Gasteiger partial charge in [-0.15, -0.1) is 0 Å². The first-order valence-corrected chi connectivity index (χ1v) is 6.24. The lowest BCUT2D eigenvalue weighted by Crippen LogP contribution is -2.19. The van der Waals surface area contributed by atoms with E-state index in [1.807, 2.05) is 6.07 Å². The average Bonchev–Trinajstić information content (AvgIpc) is 2.93. The number of Topliss-reactive ketones (excluding diaryl/α,β-unsaturated/α-hetero) is 1. The van der Waals surface area contributed by atoms with Crippen LogP contribution in [0.1, 0.15) is 16.9 Å². The molecule has 7 heteroatoms. The number of carbonyl (C=O) groups is 1. The lowest BCUT2D eigenvalue weighted by Gasteiger charge is -2.08. The Labute approximate surface area is 119 Å². The smallest absolute Gasteiger partial charge is 0.372 e. The number of hydrogen-bond donors (Lipinski definition) is 0. The molecule has 21 heavy (non-hydrogen) atoms. The predicted molar refractivity (Wildman–Crippen MR) is 69.4 cm³/mol. The molecular weight excluding hydrogens is 285 g/mol. The summed E-state index contributed by atoms with van der Waals surface area (Å²) in [6.45, 7) is -1.63. The van der Waals surface area contributed by atoms with E-state index in [4.69, 9.17) is 0 Å². The number of para-hydroxylation sites is 1. The quantitative estimate of drug-likeness (QED) is 0.608. The zero-order valence-corrected chi connectivity index (χ0v) is 11.0. The molecule has 0 aliphatic rings. The largest absolute Gasteiger partial charge is 0.411 e. The normalized spacial score (nSPS) is 11.6. The fourth-order valence-electron chi connectivity index (χ4n) is 1.77. The van der Waals surface area contributed by atoms with E-state index >= 15 is 0 Å². The number of hydrogen-bond acceptors (Lipinski definition) is 3. The van der Waals surface area contributed by atoms with Crippen molar-refractivity contribution in [3.63, 3.8) is 0 Å². The summed E-state index contributed by atoms with van der Waals surface area (Å²) in [5.41, 5.74) is 1.03. The molecule has 1 heterocycles. The van der Waals surface area contributed by atoms with Gasteiger partial charge in [0.05, 0.1) is 18.5 Å². The van der Waals surface area contributed by atoms with Gasteiger partial charge < -0.3 is 4.74 Å². The van der Waals surface area contributed by atoms with E-state index < -0.39 is 12.8 Å². The van der Waals surface area contributed by atoms with Gasteiger partial charge in [-0.2, -0.15) is 18.3 Å². The van der Waals surface area contributed by atoms with Crippen molar-refractivity contribution < 1.29 is 22.7 Å². The molecule has 0 unspecified atom stereocenters. The van der Waals surface area contributed by atoms with E-state index in [0.29, 0.717) is 11.4 Å². The van der Waals surface area contributed by atoms with Gasteiger partial charge in [-0.3, -0.25) is 4.79 Å². The number of aromatic nitrogens is 2. The van der Waals surface area contributed by atoms with Gasteiger partial charge in [-0.1, -0.05) is 18.2 Å². The highest BCUT2D eigenvalue weighted by Gasteiger charge is 2.27. The first kappa shape index (κ1) is 15.2. The number of ketones is 1. The maximum absolute atomic E-state index is 12.0. The fraction of sp³-hybridized carbons (Fsp3) is 0.286. The molecule has 0 amide bonds. The third-order valence-electron chi connectivity index (χ3n) is 2.67. The van der Waals surface area contributed by atoms with E-state index in [0.717, 1.165) is 0 Å². The molecule has 0 aliphatic carbocycles. The van der Waals surface area contributed by atoms with Crippen molar-refractivity contribution in [3.8, 4) is 5.69 Å². The SMILES string of the molecule is O=C(CCOCC(F)(F)F)c1ccnn1-c1ccccc1. The number of ether oxygens (including phenoxy) is 1. The van der Waals surface area contributed by atoms with Gasteiger partial charge in [0, 0.05) is 6.42 Å². The lowest BCUT2D eigenvalue weighted by atomic mass is 10.2. The monoisotopic (exact) mass is 298 g/mol. The number of alkyl halides is 3. The van der Waals surface area contributed by atoms with Crippen LogP contribution in [0.25, 0.3) is 5.69 Å². The summed E-state index contributed by atoms with van der Waals surface area (Å²) in [6.07, 6.45) is -3.04. The van der Waals surface area contributed by atoms with E-state index in [1.165, 1.54) is 16.9 Å². The van der Waals surface area contributed by atoms with Crippen LogP contribution in [0, 0.1) is 0 Å². The van der Waals surface area contributed by atoms with Crippen LogP contribution < -0.4 is 0 Å². The first-order chi connectivity index (χ1) is 9.97. The van der Waals surface area contributed by atoms with Crippen molar-refractivity contribution in [2.75, 3.05) is 13.2 Å². The molecule has 0 N–H and O–H groups in total. The summed E-state index contributed by atoms with van der Waals surface area (Å²) in [5.74, 6) is -0.321. The van der Waals surface area contributed by atoms with Gasteiger partial charge in [0.15, 0.2) is 5.78 Å². The Bertz CT molecular complexity index is 594. The average molecular weight is 298 g/mol. The molecule has 0 radical (unpaired) electrons. The lowest BCUT2D eigenvalue weighted by molar-refractivity contribution is -0.173. The zero-order valence-electron chi connectivity index (χ0n) is 11.0. The highest BCUT2D eigenvalue weighted by Crippen LogP contribution is 2.15. The standard InChI is InChI=1S/C14H13F3N2O2/c15-14(16,17)10-21-9-7-13(20)12-6-8-18-19(12)11-4-2-1-3-5-11/h1-6,8H,7,9-10H2. The van der Waals surface area contributed by atoms with Crippen molar-refractivity contribution in [2.24, 2.45) is 0 Å². The Kier molecular flexibility index (Phi) is 4.74. The number of benzene rings is 1. The van der Waals surface area contributed by atoms with E-state index in [1.54, 1.807) is 24.3 Å². The number of halogens is 3. The molecule has 2 rings (SSSR count). The topological polar surface area (TPSA) is 44.1 Å². The van der Waals surface area contributed by atoms with Crippen molar-refractivity contribution >= 4 is 5.78 Å². The summed E-state index contributed by atoms with van der Waals surface area (Å²) < 4.78 is 41.6. The second-order valence-electron chi connectivity index (χ2n) is 4.30. The van der Waals surface area contributed by atoms with Crippen LogP contribution in [0.4, 0.5) is 13.2 Å². The molecule has 0 spiro atoms. The summed E-state index contributed by atoms with van der Waals surface area (Å²) in [6, 6.07) is 10.5. The summed E-state index contributed by atoms with van der Waals surface area (Å²) in [7, 11) is 0. The number of nitrogens with zero attached hydrogens (tertiary/aromatic N) is 2. The van der Waals surface area contributed by atoms with Crippen LogP contribution in [0.2, 0.25) is 0 Å². The van der Waals surface area contributed by atoms with Crippen LogP contribution in [0.5, 0.6) is 0 Å². The minimum atomic E-state index is -4.38. The molecule has 112 valence electrons. The molecule has 0 fully saturated rings. The van der Waals surface area contributed by atoms with Gasteiger partial charge in [0.25, 0.3) is 0 Å². The second-order valence-corrected chi connectivity index (χ2v) is 4.30. The van der Waals surface area contributed by atoms with Crippen LogP contribution in [-0.2, 0) is 4.74 Å². The Balaban J connectivity index is 1.97. The minimum Gasteiger partial charge on any atom is -0.372 e. The highest BCUT2D eigenvalue weighted by atomic mass is 19.4. The third-order valence-corrected chi connectivity index (χ3v) is 2.67. The van der Waals surface area contributed by atoms with Crippen molar-refractivity contribution in [2.45, 2.75) is 12.6 Å². The fourth-order valence-corrected chi connectivity index (χ4v) is 1.77. The minimum absolute atomic E-state index is 0.130.